The molecular weight excluding hydrogens is 297 g/mol. The molecule has 0 aliphatic carbocycles. The van der Waals surface area contributed by atoms with E-state index >= 15 is 0 Å². The fourth-order valence-corrected chi connectivity index (χ4v) is 1.99. The Hall–Kier alpha value is -2.60. The summed E-state index contributed by atoms with van der Waals surface area (Å²) in [4.78, 5) is 12.1. The van der Waals surface area contributed by atoms with Gasteiger partial charge >= 0.3 is 0 Å². The number of para-hydroxylation sites is 1. The van der Waals surface area contributed by atoms with Crippen molar-refractivity contribution in [1.82, 2.24) is 0 Å². The van der Waals surface area contributed by atoms with Crippen LogP contribution in [0.25, 0.3) is 0 Å². The van der Waals surface area contributed by atoms with Gasteiger partial charge in [-0.1, -0.05) is 28.9 Å². The van der Waals surface area contributed by atoms with Crippen LogP contribution in [0.5, 0.6) is 0 Å². The molecule has 0 saturated carbocycles. The van der Waals surface area contributed by atoms with Gasteiger partial charge in [-0.2, -0.15) is 0 Å². The van der Waals surface area contributed by atoms with Crippen LogP contribution in [-0.4, -0.2) is 17.0 Å². The predicted octanol–water partition coefficient (Wildman–Crippen LogP) is 2.83. The fraction of sp³-hybridized carbons (Fsp3) is 0. The Balaban J connectivity index is 2.32. The largest absolute Gasteiger partial charge is 0.409 e. The lowest BCUT2D eigenvalue weighted by Gasteiger charge is -2.10. The lowest BCUT2D eigenvalue weighted by atomic mass is 10.1. The summed E-state index contributed by atoms with van der Waals surface area (Å²) in [5, 5.41) is 14.2. The smallest absolute Gasteiger partial charge is 0.257 e. The van der Waals surface area contributed by atoms with Crippen molar-refractivity contribution in [2.75, 3.05) is 5.32 Å². The summed E-state index contributed by atoms with van der Waals surface area (Å²) < 4.78 is 13.0. The van der Waals surface area contributed by atoms with Gasteiger partial charge in [0.25, 0.3) is 5.91 Å². The zero-order valence-electron chi connectivity index (χ0n) is 10.7. The number of amidine groups is 1. The number of amides is 1. The van der Waals surface area contributed by atoms with Gasteiger partial charge in [-0.25, -0.2) is 4.39 Å². The summed E-state index contributed by atoms with van der Waals surface area (Å²) in [5.41, 5.74) is 6.35. The molecule has 2 aromatic rings. The predicted molar refractivity (Wildman–Crippen MR) is 78.3 cm³/mol. The van der Waals surface area contributed by atoms with Crippen molar-refractivity contribution in [2.45, 2.75) is 0 Å². The summed E-state index contributed by atoms with van der Waals surface area (Å²) in [6.45, 7) is 0. The molecule has 0 heterocycles. The maximum absolute atomic E-state index is 13.0. The zero-order chi connectivity index (χ0) is 15.4. The molecule has 0 unspecified atom stereocenters. The van der Waals surface area contributed by atoms with Gasteiger partial charge < -0.3 is 16.3 Å². The van der Waals surface area contributed by atoms with E-state index < -0.39 is 11.7 Å². The van der Waals surface area contributed by atoms with Crippen LogP contribution in [0.3, 0.4) is 0 Å². The number of carbonyl (C=O) groups excluding carboxylic acids is 1. The van der Waals surface area contributed by atoms with Gasteiger partial charge in [0.1, 0.15) is 5.82 Å². The quantitative estimate of drug-likeness (QED) is 0.352. The van der Waals surface area contributed by atoms with E-state index in [1.165, 1.54) is 6.07 Å². The Morgan fingerprint density at radius 1 is 1.24 bits per heavy atom. The van der Waals surface area contributed by atoms with Crippen LogP contribution in [0.1, 0.15) is 15.9 Å². The van der Waals surface area contributed by atoms with Gasteiger partial charge in [0, 0.05) is 5.56 Å². The van der Waals surface area contributed by atoms with Crippen LogP contribution in [0.15, 0.2) is 47.6 Å². The Morgan fingerprint density at radius 2 is 1.95 bits per heavy atom. The number of nitrogens with zero attached hydrogens (tertiary/aromatic N) is 1. The summed E-state index contributed by atoms with van der Waals surface area (Å²) in [6.07, 6.45) is 0. The first-order chi connectivity index (χ1) is 10.0. The molecule has 0 aliphatic rings. The van der Waals surface area contributed by atoms with Crippen molar-refractivity contribution in [2.24, 2.45) is 10.9 Å². The molecule has 0 bridgehead atoms. The molecule has 21 heavy (non-hydrogen) atoms. The monoisotopic (exact) mass is 307 g/mol. The summed E-state index contributed by atoms with van der Waals surface area (Å²) >= 11 is 5.83. The van der Waals surface area contributed by atoms with E-state index in [4.69, 9.17) is 22.5 Å². The summed E-state index contributed by atoms with van der Waals surface area (Å²) in [7, 11) is 0. The molecule has 2 rings (SSSR count). The van der Waals surface area contributed by atoms with Crippen molar-refractivity contribution < 1.29 is 14.4 Å². The van der Waals surface area contributed by atoms with Crippen molar-refractivity contribution in [3.05, 3.63) is 64.4 Å². The van der Waals surface area contributed by atoms with E-state index in [9.17, 15) is 9.18 Å². The van der Waals surface area contributed by atoms with Crippen LogP contribution in [0.2, 0.25) is 5.02 Å². The zero-order valence-corrected chi connectivity index (χ0v) is 11.4. The van der Waals surface area contributed by atoms with Crippen LogP contribution in [-0.2, 0) is 0 Å². The highest BCUT2D eigenvalue weighted by molar-refractivity contribution is 6.34. The molecule has 0 aromatic heterocycles. The number of oxime groups is 1. The number of benzene rings is 2. The van der Waals surface area contributed by atoms with E-state index in [2.05, 4.69) is 10.5 Å². The summed E-state index contributed by atoms with van der Waals surface area (Å²) in [6, 6.07) is 9.98. The molecule has 5 nitrogen and oxygen atoms in total. The molecule has 108 valence electrons. The molecule has 0 aliphatic heterocycles. The second-order valence-electron chi connectivity index (χ2n) is 4.11. The number of anilines is 1. The first-order valence-electron chi connectivity index (χ1n) is 5.86. The van der Waals surface area contributed by atoms with Crippen molar-refractivity contribution in [3.63, 3.8) is 0 Å². The third kappa shape index (κ3) is 3.29. The van der Waals surface area contributed by atoms with E-state index in [1.54, 1.807) is 24.3 Å². The Morgan fingerprint density at radius 3 is 2.62 bits per heavy atom. The Bertz CT molecular complexity index is 719. The van der Waals surface area contributed by atoms with Crippen LogP contribution in [0, 0.1) is 5.82 Å². The number of carbonyl (C=O) groups is 1. The van der Waals surface area contributed by atoms with Crippen molar-refractivity contribution in [1.29, 1.82) is 0 Å². The number of nitrogens with one attached hydrogen (secondary N) is 1. The highest BCUT2D eigenvalue weighted by atomic mass is 35.5. The van der Waals surface area contributed by atoms with Gasteiger partial charge in [-0.3, -0.25) is 4.79 Å². The first-order valence-corrected chi connectivity index (χ1v) is 6.24. The van der Waals surface area contributed by atoms with Gasteiger partial charge in [0.05, 0.1) is 16.3 Å². The molecule has 0 fully saturated rings. The molecule has 0 atom stereocenters. The molecule has 0 spiro atoms. The van der Waals surface area contributed by atoms with Gasteiger partial charge in [-0.05, 0) is 30.3 Å². The minimum absolute atomic E-state index is 0.00576. The van der Waals surface area contributed by atoms with E-state index in [0.29, 0.717) is 11.3 Å². The van der Waals surface area contributed by atoms with Crippen LogP contribution in [0.4, 0.5) is 10.1 Å². The minimum Gasteiger partial charge on any atom is -0.409 e. The number of nitrogens with two attached hydrogens (primary N) is 1. The highest BCUT2D eigenvalue weighted by Crippen LogP contribution is 2.20. The molecule has 4 N–H and O–H groups in total. The lowest BCUT2D eigenvalue weighted by molar-refractivity contribution is 0.102. The second kappa shape index (κ2) is 6.23. The SMILES string of the molecule is N/C(=N/O)c1ccccc1NC(=O)c1ccc(F)cc1Cl. The third-order valence-corrected chi connectivity index (χ3v) is 3.05. The molecule has 0 saturated heterocycles. The van der Waals surface area contributed by atoms with Crippen molar-refractivity contribution in [3.8, 4) is 0 Å². The molecular formula is C14H11ClFN3O2. The van der Waals surface area contributed by atoms with Crippen molar-refractivity contribution >= 4 is 29.0 Å². The van der Waals surface area contributed by atoms with Crippen LogP contribution >= 0.6 is 11.6 Å². The van der Waals surface area contributed by atoms with Gasteiger partial charge in [-0.15, -0.1) is 0 Å². The lowest BCUT2D eigenvalue weighted by Crippen LogP contribution is -2.19. The normalized spacial score (nSPS) is 11.2. The molecule has 7 heteroatoms. The maximum Gasteiger partial charge on any atom is 0.257 e. The Labute approximate surface area is 124 Å². The molecule has 2 aromatic carbocycles. The molecule has 1 amide bonds. The average Bonchev–Trinajstić information content (AvgIpc) is 2.46. The number of rotatable bonds is 3. The van der Waals surface area contributed by atoms with Crippen LogP contribution < -0.4 is 11.1 Å². The van der Waals surface area contributed by atoms with Gasteiger partial charge in [0.2, 0.25) is 0 Å². The third-order valence-electron chi connectivity index (χ3n) is 2.73. The number of hydrogen-bond acceptors (Lipinski definition) is 3. The highest BCUT2D eigenvalue weighted by Gasteiger charge is 2.14. The van der Waals surface area contributed by atoms with E-state index in [-0.39, 0.29) is 16.4 Å². The summed E-state index contributed by atoms with van der Waals surface area (Å²) in [5.74, 6) is -1.21. The number of hydrogen-bond donors (Lipinski definition) is 3. The fourth-order valence-electron chi connectivity index (χ4n) is 1.73. The minimum atomic E-state index is -0.534. The number of halogens is 2. The average molecular weight is 308 g/mol. The van der Waals surface area contributed by atoms with E-state index in [1.807, 2.05) is 0 Å². The molecule has 0 radical (unpaired) electrons. The van der Waals surface area contributed by atoms with Gasteiger partial charge in [0.15, 0.2) is 5.84 Å². The maximum atomic E-state index is 13.0. The first kappa shape index (κ1) is 14.8. The standard InChI is InChI=1S/C14H11ClFN3O2/c15-11-7-8(16)5-6-9(11)14(20)18-12-4-2-1-3-10(12)13(17)19-21/h1-7,21H,(H2,17,19)(H,18,20). The second-order valence-corrected chi connectivity index (χ2v) is 4.52. The topological polar surface area (TPSA) is 87.7 Å². The Kier molecular flexibility index (Phi) is 4.39. The van der Waals surface area contributed by atoms with E-state index in [0.717, 1.165) is 12.1 Å².